The largest absolute Gasteiger partial charge is 0.493 e. The summed E-state index contributed by atoms with van der Waals surface area (Å²) in [5, 5.41) is 4.14. The van der Waals surface area contributed by atoms with E-state index in [0.29, 0.717) is 29.7 Å². The van der Waals surface area contributed by atoms with Crippen LogP contribution in [0.25, 0.3) is 0 Å². The van der Waals surface area contributed by atoms with Crippen LogP contribution in [0, 0.1) is 0 Å². The maximum Gasteiger partial charge on any atom is 0.222 e. The molecule has 0 spiro atoms. The summed E-state index contributed by atoms with van der Waals surface area (Å²) in [6.45, 7) is 3.84. The van der Waals surface area contributed by atoms with E-state index >= 15 is 0 Å². The van der Waals surface area contributed by atoms with Gasteiger partial charge in [-0.05, 0) is 54.8 Å². The van der Waals surface area contributed by atoms with Gasteiger partial charge in [0.15, 0.2) is 11.5 Å². The Bertz CT molecular complexity index is 784. The molecule has 158 valence electrons. The number of hydrogen-bond donors (Lipinski definition) is 1. The third-order valence-corrected chi connectivity index (χ3v) is 5.07. The highest BCUT2D eigenvalue weighted by Crippen LogP contribution is 2.29. The maximum absolute atomic E-state index is 11.6. The molecule has 0 radical (unpaired) electrons. The molecule has 1 fully saturated rings. The first-order chi connectivity index (χ1) is 13.7. The lowest BCUT2D eigenvalue weighted by Gasteiger charge is -2.15. The summed E-state index contributed by atoms with van der Waals surface area (Å²) >= 11 is 5.91. The van der Waals surface area contributed by atoms with Gasteiger partial charge in [0.25, 0.3) is 0 Å². The fourth-order valence-corrected chi connectivity index (χ4v) is 3.38. The van der Waals surface area contributed by atoms with Gasteiger partial charge in [0.1, 0.15) is 6.61 Å². The molecule has 7 heteroatoms. The van der Waals surface area contributed by atoms with Crippen molar-refractivity contribution in [3.63, 3.8) is 0 Å². The van der Waals surface area contributed by atoms with Crippen LogP contribution in [0.15, 0.2) is 42.5 Å². The number of ether oxygens (including phenoxy) is 2. The lowest BCUT2D eigenvalue weighted by atomic mass is 10.2. The van der Waals surface area contributed by atoms with E-state index in [2.05, 4.69) is 5.32 Å². The van der Waals surface area contributed by atoms with Gasteiger partial charge >= 0.3 is 0 Å². The van der Waals surface area contributed by atoms with Crippen molar-refractivity contribution in [3.05, 3.63) is 58.6 Å². The van der Waals surface area contributed by atoms with Gasteiger partial charge in [-0.2, -0.15) is 0 Å². The summed E-state index contributed by atoms with van der Waals surface area (Å²) in [5.74, 6) is 1.73. The first kappa shape index (κ1) is 23.3. The van der Waals surface area contributed by atoms with Crippen molar-refractivity contribution in [2.45, 2.75) is 32.4 Å². The molecular formula is C22H28Cl2N2O3. The van der Waals surface area contributed by atoms with Gasteiger partial charge in [-0.15, -0.1) is 12.4 Å². The van der Waals surface area contributed by atoms with Crippen molar-refractivity contribution in [2.75, 3.05) is 26.7 Å². The monoisotopic (exact) mass is 438 g/mol. The Morgan fingerprint density at radius 2 is 1.86 bits per heavy atom. The minimum absolute atomic E-state index is 0. The second-order valence-corrected chi connectivity index (χ2v) is 7.35. The van der Waals surface area contributed by atoms with E-state index in [0.717, 1.165) is 55.9 Å². The lowest BCUT2D eigenvalue weighted by Crippen LogP contribution is -2.28. The van der Waals surface area contributed by atoms with Crippen LogP contribution in [0.4, 0.5) is 0 Å². The number of likely N-dealkylation sites (tertiary alicyclic amines) is 1. The molecule has 5 nitrogen and oxygen atoms in total. The van der Waals surface area contributed by atoms with E-state index in [-0.39, 0.29) is 12.4 Å². The molecule has 0 aliphatic carbocycles. The molecule has 2 aromatic carbocycles. The van der Waals surface area contributed by atoms with Crippen LogP contribution < -0.4 is 14.8 Å². The third kappa shape index (κ3) is 7.11. The van der Waals surface area contributed by atoms with Crippen molar-refractivity contribution in [1.82, 2.24) is 10.2 Å². The number of rotatable bonds is 10. The van der Waals surface area contributed by atoms with Crippen molar-refractivity contribution >= 4 is 29.9 Å². The number of nitrogens with zero attached hydrogens (tertiary/aromatic N) is 1. The number of carbonyl (C=O) groups is 1. The number of nitrogens with one attached hydrogen (secondary N) is 1. The van der Waals surface area contributed by atoms with Crippen LogP contribution >= 0.6 is 24.0 Å². The van der Waals surface area contributed by atoms with Gasteiger partial charge in [0.05, 0.1) is 7.11 Å². The number of halogens is 2. The zero-order chi connectivity index (χ0) is 19.8. The van der Waals surface area contributed by atoms with Gasteiger partial charge in [0.2, 0.25) is 5.91 Å². The first-order valence-corrected chi connectivity index (χ1v) is 10.1. The number of carbonyl (C=O) groups excluding carboxylic acids is 1. The summed E-state index contributed by atoms with van der Waals surface area (Å²) in [5.41, 5.74) is 2.18. The van der Waals surface area contributed by atoms with Crippen LogP contribution in [-0.4, -0.2) is 37.6 Å². The molecule has 1 heterocycles. The van der Waals surface area contributed by atoms with E-state index < -0.39 is 0 Å². The summed E-state index contributed by atoms with van der Waals surface area (Å²) in [6, 6.07) is 13.6. The Balaban J connectivity index is 0.00000300. The Kier molecular flexibility index (Phi) is 9.58. The van der Waals surface area contributed by atoms with Crippen molar-refractivity contribution in [1.29, 1.82) is 0 Å². The molecule has 1 N–H and O–H groups in total. The second-order valence-electron chi connectivity index (χ2n) is 6.92. The third-order valence-electron chi connectivity index (χ3n) is 4.82. The average molecular weight is 439 g/mol. The van der Waals surface area contributed by atoms with E-state index in [4.69, 9.17) is 21.1 Å². The SMILES string of the molecule is COc1cc(CNCCCN2CCCC2=O)ccc1OCc1ccc(Cl)cc1.Cl. The fourth-order valence-electron chi connectivity index (χ4n) is 3.25. The quantitative estimate of drug-likeness (QED) is 0.556. The predicted molar refractivity (Wildman–Crippen MR) is 118 cm³/mol. The summed E-state index contributed by atoms with van der Waals surface area (Å²) < 4.78 is 11.4. The molecule has 1 aliphatic rings. The van der Waals surface area contributed by atoms with Crippen LogP contribution in [-0.2, 0) is 17.9 Å². The highest BCUT2D eigenvalue weighted by molar-refractivity contribution is 6.30. The van der Waals surface area contributed by atoms with Crippen LogP contribution in [0.1, 0.15) is 30.4 Å². The van der Waals surface area contributed by atoms with Crippen LogP contribution in [0.3, 0.4) is 0 Å². The zero-order valence-electron chi connectivity index (χ0n) is 16.7. The molecule has 3 rings (SSSR count). The normalized spacial score (nSPS) is 13.3. The Labute approximate surface area is 183 Å². The Hall–Kier alpha value is -1.95. The van der Waals surface area contributed by atoms with Crippen LogP contribution in [0.2, 0.25) is 5.02 Å². The molecular weight excluding hydrogens is 411 g/mol. The molecule has 0 unspecified atom stereocenters. The minimum Gasteiger partial charge on any atom is -0.493 e. The number of amides is 1. The molecule has 0 saturated carbocycles. The smallest absolute Gasteiger partial charge is 0.222 e. The molecule has 0 bridgehead atoms. The Morgan fingerprint density at radius 3 is 2.55 bits per heavy atom. The molecule has 1 amide bonds. The minimum atomic E-state index is 0. The first-order valence-electron chi connectivity index (χ1n) is 9.68. The fraction of sp³-hybridized carbons (Fsp3) is 0.409. The zero-order valence-corrected chi connectivity index (χ0v) is 18.2. The molecule has 29 heavy (non-hydrogen) atoms. The Morgan fingerprint density at radius 1 is 1.10 bits per heavy atom. The summed E-state index contributed by atoms with van der Waals surface area (Å²) in [6.07, 6.45) is 2.67. The number of methoxy groups -OCH3 is 1. The van der Waals surface area contributed by atoms with Crippen LogP contribution in [0.5, 0.6) is 11.5 Å². The summed E-state index contributed by atoms with van der Waals surface area (Å²) in [7, 11) is 1.65. The van der Waals surface area contributed by atoms with Crippen molar-refractivity contribution in [2.24, 2.45) is 0 Å². The number of benzene rings is 2. The van der Waals surface area contributed by atoms with Crippen molar-refractivity contribution < 1.29 is 14.3 Å². The van der Waals surface area contributed by atoms with E-state index in [1.807, 2.05) is 47.4 Å². The topological polar surface area (TPSA) is 50.8 Å². The molecule has 0 atom stereocenters. The second kappa shape index (κ2) is 11.9. The molecule has 1 saturated heterocycles. The van der Waals surface area contributed by atoms with Gasteiger partial charge in [-0.1, -0.05) is 29.8 Å². The van der Waals surface area contributed by atoms with Gasteiger partial charge in [0, 0.05) is 31.1 Å². The highest BCUT2D eigenvalue weighted by atomic mass is 35.5. The summed E-state index contributed by atoms with van der Waals surface area (Å²) in [4.78, 5) is 13.6. The highest BCUT2D eigenvalue weighted by Gasteiger charge is 2.18. The lowest BCUT2D eigenvalue weighted by molar-refractivity contribution is -0.127. The van der Waals surface area contributed by atoms with E-state index in [1.54, 1.807) is 7.11 Å². The predicted octanol–water partition coefficient (Wildman–Crippen LogP) is 4.45. The average Bonchev–Trinajstić information content (AvgIpc) is 3.12. The van der Waals surface area contributed by atoms with Gasteiger partial charge in [-0.25, -0.2) is 0 Å². The molecule has 1 aliphatic heterocycles. The van der Waals surface area contributed by atoms with Crippen molar-refractivity contribution in [3.8, 4) is 11.5 Å². The molecule has 0 aromatic heterocycles. The maximum atomic E-state index is 11.6. The molecule has 2 aromatic rings. The standard InChI is InChI=1S/C22H27ClN2O3.ClH/c1-27-21-14-18(15-24-11-3-13-25-12-2-4-22(25)26)7-10-20(21)28-16-17-5-8-19(23)9-6-17;/h5-10,14,24H,2-4,11-13,15-16H2,1H3;1H. The van der Waals surface area contributed by atoms with Gasteiger partial charge < -0.3 is 19.7 Å². The van der Waals surface area contributed by atoms with E-state index in [9.17, 15) is 4.79 Å². The van der Waals surface area contributed by atoms with E-state index in [1.165, 1.54) is 0 Å². The van der Waals surface area contributed by atoms with Gasteiger partial charge in [-0.3, -0.25) is 4.79 Å². The number of hydrogen-bond acceptors (Lipinski definition) is 4.